The number of nitrogens with one attached hydrogen (secondary N) is 2. The van der Waals surface area contributed by atoms with Crippen molar-refractivity contribution < 1.29 is 19.7 Å². The minimum absolute atomic E-state index is 0.0125. The van der Waals surface area contributed by atoms with Crippen molar-refractivity contribution in [1.29, 1.82) is 0 Å². The van der Waals surface area contributed by atoms with Gasteiger partial charge in [-0.2, -0.15) is 0 Å². The van der Waals surface area contributed by atoms with Crippen molar-refractivity contribution in [1.82, 2.24) is 15.5 Å². The van der Waals surface area contributed by atoms with Crippen molar-refractivity contribution >= 4 is 5.91 Å². The summed E-state index contributed by atoms with van der Waals surface area (Å²) >= 11 is 0. The van der Waals surface area contributed by atoms with Crippen molar-refractivity contribution in [3.8, 4) is 0 Å². The van der Waals surface area contributed by atoms with E-state index in [9.17, 15) is 4.79 Å². The fraction of sp³-hybridized carbons (Fsp3) is 0.438. The lowest BCUT2D eigenvalue weighted by Crippen LogP contribution is -2.44. The predicted octanol–water partition coefficient (Wildman–Crippen LogP) is 0.508. The molecule has 7 heteroatoms. The number of ether oxygens (including phenoxy) is 1. The number of hydrogen-bond donors (Lipinski definition) is 3. The first-order valence-electron chi connectivity index (χ1n) is 7.73. The highest BCUT2D eigenvalue weighted by Crippen LogP contribution is 2.21. The van der Waals surface area contributed by atoms with E-state index in [2.05, 4.69) is 32.6 Å². The fourth-order valence-corrected chi connectivity index (χ4v) is 2.73. The van der Waals surface area contributed by atoms with Gasteiger partial charge in [-0.15, -0.1) is 0 Å². The Balaban J connectivity index is 1.63. The third-order valence-electron chi connectivity index (χ3n) is 3.94. The van der Waals surface area contributed by atoms with Crippen LogP contribution in [0.4, 0.5) is 0 Å². The largest absolute Gasteiger partial charge is 0.378 e. The van der Waals surface area contributed by atoms with Crippen molar-refractivity contribution in [2.45, 2.75) is 12.5 Å². The lowest BCUT2D eigenvalue weighted by atomic mass is 9.97. The van der Waals surface area contributed by atoms with Gasteiger partial charge >= 0.3 is 0 Å². The summed E-state index contributed by atoms with van der Waals surface area (Å²) in [6, 6.07) is 0.110. The van der Waals surface area contributed by atoms with Crippen LogP contribution in [0.15, 0.2) is 47.5 Å². The number of carbonyl (C=O) groups is 1. The number of carbonyl (C=O) groups excluding carboxylic acids is 1. The normalized spacial score (nSPS) is 23.3. The summed E-state index contributed by atoms with van der Waals surface area (Å²) in [5.41, 5.74) is 1.83. The molecule has 0 aromatic carbocycles. The highest BCUT2D eigenvalue weighted by Gasteiger charge is 2.22. The average Bonchev–Trinajstić information content (AvgIpc) is 2.60. The topological polar surface area (TPSA) is 83.1 Å². The van der Waals surface area contributed by atoms with Gasteiger partial charge in [0.1, 0.15) is 5.82 Å². The molecule has 124 valence electrons. The van der Waals surface area contributed by atoms with Gasteiger partial charge in [0.2, 0.25) is 5.91 Å². The van der Waals surface area contributed by atoms with E-state index in [1.807, 2.05) is 18.2 Å². The van der Waals surface area contributed by atoms with E-state index in [1.165, 1.54) is 0 Å². The van der Waals surface area contributed by atoms with Crippen molar-refractivity contribution in [2.24, 2.45) is 0 Å². The van der Waals surface area contributed by atoms with Gasteiger partial charge in [0, 0.05) is 18.8 Å². The fourth-order valence-electron chi connectivity index (χ4n) is 2.73. The second kappa shape index (κ2) is 7.45. The van der Waals surface area contributed by atoms with Gasteiger partial charge in [0.05, 0.1) is 32.3 Å². The minimum atomic E-state index is -0.192. The molecule has 3 rings (SSSR count). The van der Waals surface area contributed by atoms with E-state index in [4.69, 9.17) is 9.99 Å². The van der Waals surface area contributed by atoms with Gasteiger partial charge in [0.25, 0.3) is 0 Å². The molecule has 0 aromatic rings. The van der Waals surface area contributed by atoms with E-state index < -0.39 is 0 Å². The van der Waals surface area contributed by atoms with Crippen LogP contribution in [0.5, 0.6) is 0 Å². The zero-order valence-electron chi connectivity index (χ0n) is 12.8. The van der Waals surface area contributed by atoms with Crippen LogP contribution in [0.3, 0.4) is 0 Å². The molecule has 1 fully saturated rings. The van der Waals surface area contributed by atoms with Crippen LogP contribution in [-0.2, 0) is 14.4 Å². The molecule has 0 aromatic heterocycles. The molecule has 3 aliphatic rings. The number of amides is 1. The molecule has 0 bridgehead atoms. The molecular formula is C16H21N3O4. The lowest BCUT2D eigenvalue weighted by Gasteiger charge is -2.35. The Morgan fingerprint density at radius 3 is 3.04 bits per heavy atom. The third kappa shape index (κ3) is 4.01. The smallest absolute Gasteiger partial charge is 0.226 e. The Kier molecular flexibility index (Phi) is 5.12. The first kappa shape index (κ1) is 15.8. The minimum Gasteiger partial charge on any atom is -0.378 e. The predicted molar refractivity (Wildman–Crippen MR) is 84.0 cm³/mol. The molecule has 2 heterocycles. The first-order valence-corrected chi connectivity index (χ1v) is 7.73. The molecular weight excluding hydrogens is 298 g/mol. The lowest BCUT2D eigenvalue weighted by molar-refractivity contribution is -0.242. The van der Waals surface area contributed by atoms with E-state index in [0.717, 1.165) is 43.4 Å². The maximum atomic E-state index is 11.6. The number of allylic oxidation sites excluding steroid dienone is 3. The van der Waals surface area contributed by atoms with Gasteiger partial charge in [0.15, 0.2) is 0 Å². The maximum absolute atomic E-state index is 11.6. The van der Waals surface area contributed by atoms with Crippen LogP contribution in [0.2, 0.25) is 0 Å². The van der Waals surface area contributed by atoms with Gasteiger partial charge in [-0.1, -0.05) is 12.2 Å². The van der Waals surface area contributed by atoms with Crippen molar-refractivity contribution in [2.75, 3.05) is 32.9 Å². The molecule has 0 radical (unpaired) electrons. The second-order valence-electron chi connectivity index (χ2n) is 5.53. The highest BCUT2D eigenvalue weighted by molar-refractivity contribution is 5.78. The number of rotatable bonds is 5. The second-order valence-corrected chi connectivity index (χ2v) is 5.53. The summed E-state index contributed by atoms with van der Waals surface area (Å²) in [6.07, 6.45) is 10.1. The van der Waals surface area contributed by atoms with Crippen LogP contribution in [0, 0.1) is 0 Å². The number of dihydropyridines is 1. The molecule has 1 unspecified atom stereocenters. The summed E-state index contributed by atoms with van der Waals surface area (Å²) in [6.45, 7) is 3.28. The highest BCUT2D eigenvalue weighted by atomic mass is 17.1. The Bertz CT molecular complexity index is 574. The van der Waals surface area contributed by atoms with Gasteiger partial charge in [-0.3, -0.25) is 10.1 Å². The molecule has 23 heavy (non-hydrogen) atoms. The number of fused-ring (bicyclic) bond motifs is 1. The zero-order chi connectivity index (χ0) is 16.1. The summed E-state index contributed by atoms with van der Waals surface area (Å²) in [5, 5.41) is 14.6. The Morgan fingerprint density at radius 1 is 1.43 bits per heavy atom. The molecule has 1 aliphatic carbocycles. The number of morpholine rings is 1. The monoisotopic (exact) mass is 319 g/mol. The Morgan fingerprint density at radius 2 is 2.26 bits per heavy atom. The van der Waals surface area contributed by atoms with Crippen LogP contribution >= 0.6 is 0 Å². The van der Waals surface area contributed by atoms with Crippen LogP contribution in [0.25, 0.3) is 0 Å². The van der Waals surface area contributed by atoms with Gasteiger partial charge < -0.3 is 20.3 Å². The molecule has 1 saturated heterocycles. The number of hydrogen-bond acceptors (Lipinski definition) is 6. The average molecular weight is 319 g/mol. The maximum Gasteiger partial charge on any atom is 0.226 e. The Labute approximate surface area is 134 Å². The van der Waals surface area contributed by atoms with Crippen LogP contribution < -0.4 is 10.6 Å². The van der Waals surface area contributed by atoms with E-state index in [-0.39, 0.29) is 25.0 Å². The van der Waals surface area contributed by atoms with E-state index >= 15 is 0 Å². The molecule has 7 nitrogen and oxygen atoms in total. The summed E-state index contributed by atoms with van der Waals surface area (Å²) in [7, 11) is 0. The standard InChI is InChI=1S/C16H21N3O4/c20-16(5-8-23-21)17-13-2-3-14-12(11-13)1-4-15(18-14)19-6-9-22-10-7-19/h1-4,11,14,18,21H,5-10H2,(H,17,20). The summed E-state index contributed by atoms with van der Waals surface area (Å²) in [4.78, 5) is 17.8. The Hall–Kier alpha value is -2.09. The molecule has 3 N–H and O–H groups in total. The molecule has 0 saturated carbocycles. The van der Waals surface area contributed by atoms with E-state index in [0.29, 0.717) is 0 Å². The molecule has 2 aliphatic heterocycles. The van der Waals surface area contributed by atoms with Gasteiger partial charge in [-0.25, -0.2) is 4.89 Å². The van der Waals surface area contributed by atoms with Crippen molar-refractivity contribution in [3.05, 3.63) is 47.5 Å². The quantitative estimate of drug-likeness (QED) is 0.506. The van der Waals surface area contributed by atoms with Crippen molar-refractivity contribution in [3.63, 3.8) is 0 Å². The summed E-state index contributed by atoms with van der Waals surface area (Å²) in [5.74, 6) is 0.912. The summed E-state index contributed by atoms with van der Waals surface area (Å²) < 4.78 is 5.38. The zero-order valence-corrected chi connectivity index (χ0v) is 12.8. The van der Waals surface area contributed by atoms with Gasteiger partial charge in [-0.05, 0) is 23.8 Å². The van der Waals surface area contributed by atoms with Crippen LogP contribution in [-0.4, -0.2) is 55.0 Å². The molecule has 1 amide bonds. The molecule has 1 atom stereocenters. The SMILES string of the molecule is O=C(CCOO)NC1=CC2=CC=C(N3CCOCC3)NC2C=C1. The molecule has 0 spiro atoms. The van der Waals surface area contributed by atoms with E-state index in [1.54, 1.807) is 0 Å². The first-order chi connectivity index (χ1) is 11.3. The third-order valence-corrected chi connectivity index (χ3v) is 3.94. The number of nitrogens with zero attached hydrogens (tertiary/aromatic N) is 1. The van der Waals surface area contributed by atoms with Crippen LogP contribution in [0.1, 0.15) is 6.42 Å².